The van der Waals surface area contributed by atoms with Gasteiger partial charge in [0.2, 0.25) is 0 Å². The number of hydrogen-bond donors (Lipinski definition) is 1. The Morgan fingerprint density at radius 3 is 2.87 bits per heavy atom. The molecule has 0 aliphatic heterocycles. The second-order valence-corrected chi connectivity index (χ2v) is 3.75. The molecule has 1 aromatic carbocycles. The van der Waals surface area contributed by atoms with Crippen molar-refractivity contribution in [1.82, 2.24) is 9.78 Å². The Balaban J connectivity index is 2.54. The van der Waals surface area contributed by atoms with Crippen molar-refractivity contribution in [2.45, 2.75) is 6.92 Å². The summed E-state index contributed by atoms with van der Waals surface area (Å²) >= 11 is 5.99. The van der Waals surface area contributed by atoms with Crippen LogP contribution < -0.4 is 5.32 Å². The van der Waals surface area contributed by atoms with Crippen molar-refractivity contribution in [3.63, 3.8) is 0 Å². The van der Waals surface area contributed by atoms with Gasteiger partial charge in [-0.3, -0.25) is 0 Å². The smallest absolute Gasteiger partial charge is 0.148 e. The Morgan fingerprint density at radius 2 is 2.20 bits per heavy atom. The van der Waals surface area contributed by atoms with Crippen LogP contribution in [0, 0.1) is 6.92 Å². The first kappa shape index (κ1) is 10.1. The van der Waals surface area contributed by atoms with Gasteiger partial charge in [0.05, 0.1) is 11.9 Å². The normalized spacial score (nSPS) is 10.3. The van der Waals surface area contributed by atoms with Crippen molar-refractivity contribution >= 4 is 17.4 Å². The molecular weight excluding hydrogens is 210 g/mol. The predicted molar refractivity (Wildman–Crippen MR) is 62.9 cm³/mol. The Labute approximate surface area is 93.7 Å². The molecule has 1 aromatic heterocycles. The lowest BCUT2D eigenvalue weighted by atomic mass is 10.2. The van der Waals surface area contributed by atoms with Gasteiger partial charge in [0.1, 0.15) is 10.8 Å². The third kappa shape index (κ3) is 1.83. The van der Waals surface area contributed by atoms with E-state index >= 15 is 0 Å². The molecule has 0 aliphatic rings. The van der Waals surface area contributed by atoms with Crippen molar-refractivity contribution in [2.75, 3.05) is 12.4 Å². The zero-order chi connectivity index (χ0) is 10.8. The van der Waals surface area contributed by atoms with Crippen molar-refractivity contribution in [3.05, 3.63) is 41.0 Å². The molecule has 0 atom stereocenters. The van der Waals surface area contributed by atoms with E-state index in [2.05, 4.69) is 16.5 Å². The summed E-state index contributed by atoms with van der Waals surface area (Å²) in [5.41, 5.74) is 2.20. The van der Waals surface area contributed by atoms with Crippen molar-refractivity contribution < 1.29 is 0 Å². The molecule has 0 fully saturated rings. The molecule has 0 amide bonds. The predicted octanol–water partition coefficient (Wildman–Crippen LogP) is 2.88. The van der Waals surface area contributed by atoms with E-state index in [0.717, 1.165) is 11.5 Å². The Bertz CT molecular complexity index is 476. The van der Waals surface area contributed by atoms with E-state index in [-0.39, 0.29) is 0 Å². The highest BCUT2D eigenvalue weighted by atomic mass is 35.5. The van der Waals surface area contributed by atoms with Crippen LogP contribution in [0.25, 0.3) is 5.69 Å². The second kappa shape index (κ2) is 3.95. The summed E-state index contributed by atoms with van der Waals surface area (Å²) in [5, 5.41) is 7.87. The number of halogens is 1. The van der Waals surface area contributed by atoms with Gasteiger partial charge in [-0.2, -0.15) is 5.10 Å². The van der Waals surface area contributed by atoms with Crippen LogP contribution in [-0.2, 0) is 0 Å². The van der Waals surface area contributed by atoms with E-state index in [1.807, 2.05) is 32.2 Å². The minimum Gasteiger partial charge on any atom is -0.372 e. The van der Waals surface area contributed by atoms with Gasteiger partial charge in [-0.15, -0.1) is 0 Å². The van der Waals surface area contributed by atoms with Gasteiger partial charge in [0, 0.05) is 7.05 Å². The summed E-state index contributed by atoms with van der Waals surface area (Å²) in [6, 6.07) is 8.11. The number of nitrogens with one attached hydrogen (secondary N) is 1. The molecule has 1 N–H and O–H groups in total. The zero-order valence-electron chi connectivity index (χ0n) is 8.66. The first-order valence-electron chi connectivity index (χ1n) is 4.70. The standard InChI is InChI=1S/C11H12ClN3/c1-8-4-3-5-9(6-8)15-11(13-2)10(12)7-14-15/h3-7,13H,1-2H3. The molecule has 3 nitrogen and oxygen atoms in total. The molecule has 0 saturated carbocycles. The number of benzene rings is 1. The summed E-state index contributed by atoms with van der Waals surface area (Å²) in [4.78, 5) is 0. The van der Waals surface area contributed by atoms with Gasteiger partial charge >= 0.3 is 0 Å². The average molecular weight is 222 g/mol. The minimum absolute atomic E-state index is 0.624. The topological polar surface area (TPSA) is 29.9 Å². The lowest BCUT2D eigenvalue weighted by Crippen LogP contribution is -2.02. The number of aryl methyl sites for hydroxylation is 1. The number of anilines is 1. The fraction of sp³-hybridized carbons (Fsp3) is 0.182. The van der Waals surface area contributed by atoms with Crippen molar-refractivity contribution in [1.29, 1.82) is 0 Å². The molecule has 0 aliphatic carbocycles. The lowest BCUT2D eigenvalue weighted by molar-refractivity contribution is 0.884. The largest absolute Gasteiger partial charge is 0.372 e. The van der Waals surface area contributed by atoms with Crippen molar-refractivity contribution in [3.8, 4) is 5.69 Å². The summed E-state index contributed by atoms with van der Waals surface area (Å²) in [6.07, 6.45) is 1.63. The Kier molecular flexibility index (Phi) is 2.64. The fourth-order valence-corrected chi connectivity index (χ4v) is 1.73. The van der Waals surface area contributed by atoms with Gasteiger partial charge in [0.25, 0.3) is 0 Å². The quantitative estimate of drug-likeness (QED) is 0.845. The summed E-state index contributed by atoms with van der Waals surface area (Å²) < 4.78 is 1.79. The third-order valence-corrected chi connectivity index (χ3v) is 2.48. The molecule has 0 bridgehead atoms. The van der Waals surface area contributed by atoms with Crippen LogP contribution in [-0.4, -0.2) is 16.8 Å². The zero-order valence-corrected chi connectivity index (χ0v) is 9.42. The highest BCUT2D eigenvalue weighted by Crippen LogP contribution is 2.24. The van der Waals surface area contributed by atoms with Gasteiger partial charge in [-0.1, -0.05) is 23.7 Å². The minimum atomic E-state index is 0.624. The van der Waals surface area contributed by atoms with E-state index in [0.29, 0.717) is 5.02 Å². The van der Waals surface area contributed by atoms with Gasteiger partial charge < -0.3 is 5.32 Å². The lowest BCUT2D eigenvalue weighted by Gasteiger charge is -2.07. The van der Waals surface area contributed by atoms with Crippen LogP contribution >= 0.6 is 11.6 Å². The number of hydrogen-bond acceptors (Lipinski definition) is 2. The average Bonchev–Trinajstić information content (AvgIpc) is 2.59. The maximum absolute atomic E-state index is 5.99. The van der Waals surface area contributed by atoms with Gasteiger partial charge in [-0.05, 0) is 24.6 Å². The van der Waals surface area contributed by atoms with Crippen LogP contribution in [0.4, 0.5) is 5.82 Å². The van der Waals surface area contributed by atoms with E-state index < -0.39 is 0 Å². The van der Waals surface area contributed by atoms with Gasteiger partial charge in [0.15, 0.2) is 0 Å². The molecule has 0 spiro atoms. The molecule has 0 saturated heterocycles. The number of nitrogens with zero attached hydrogens (tertiary/aromatic N) is 2. The highest BCUT2D eigenvalue weighted by Gasteiger charge is 2.08. The Hall–Kier alpha value is -1.48. The maximum Gasteiger partial charge on any atom is 0.148 e. The SMILES string of the molecule is CNc1c(Cl)cnn1-c1cccc(C)c1. The van der Waals surface area contributed by atoms with Gasteiger partial charge in [-0.25, -0.2) is 4.68 Å². The number of rotatable bonds is 2. The molecular formula is C11H12ClN3. The van der Waals surface area contributed by atoms with Crippen LogP contribution in [0.3, 0.4) is 0 Å². The summed E-state index contributed by atoms with van der Waals surface area (Å²) in [5.74, 6) is 0.808. The first-order chi connectivity index (χ1) is 7.22. The van der Waals surface area contributed by atoms with Crippen LogP contribution in [0.5, 0.6) is 0 Å². The first-order valence-corrected chi connectivity index (χ1v) is 5.08. The fourth-order valence-electron chi connectivity index (χ4n) is 1.51. The number of aromatic nitrogens is 2. The van der Waals surface area contributed by atoms with Crippen LogP contribution in [0.2, 0.25) is 5.02 Å². The highest BCUT2D eigenvalue weighted by molar-refractivity contribution is 6.32. The van der Waals surface area contributed by atoms with E-state index in [1.54, 1.807) is 10.9 Å². The van der Waals surface area contributed by atoms with E-state index in [1.165, 1.54) is 5.56 Å². The summed E-state index contributed by atoms with van der Waals surface area (Å²) in [6.45, 7) is 2.05. The van der Waals surface area contributed by atoms with E-state index in [4.69, 9.17) is 11.6 Å². The van der Waals surface area contributed by atoms with Crippen LogP contribution in [0.15, 0.2) is 30.5 Å². The molecule has 0 unspecified atom stereocenters. The third-order valence-electron chi connectivity index (χ3n) is 2.21. The Morgan fingerprint density at radius 1 is 1.40 bits per heavy atom. The molecule has 4 heteroatoms. The van der Waals surface area contributed by atoms with E-state index in [9.17, 15) is 0 Å². The summed E-state index contributed by atoms with van der Waals surface area (Å²) in [7, 11) is 1.83. The monoisotopic (exact) mass is 221 g/mol. The molecule has 2 aromatic rings. The molecule has 0 radical (unpaired) electrons. The second-order valence-electron chi connectivity index (χ2n) is 3.34. The molecule has 15 heavy (non-hydrogen) atoms. The van der Waals surface area contributed by atoms with Crippen LogP contribution in [0.1, 0.15) is 5.56 Å². The molecule has 2 rings (SSSR count). The molecule has 78 valence electrons. The maximum atomic E-state index is 5.99. The molecule has 1 heterocycles. The van der Waals surface area contributed by atoms with Crippen molar-refractivity contribution in [2.24, 2.45) is 0 Å².